The quantitative estimate of drug-likeness (QED) is 0.593. The molecular weight excluding hydrogens is 322 g/mol. The molecule has 0 fully saturated rings. The molecule has 1 aromatic carbocycles. The van der Waals surface area contributed by atoms with Crippen LogP contribution in [0.1, 0.15) is 5.56 Å². The summed E-state index contributed by atoms with van der Waals surface area (Å²) in [4.78, 5) is 17.6. The lowest BCUT2D eigenvalue weighted by Crippen LogP contribution is -2.06. The van der Waals surface area contributed by atoms with E-state index in [1.54, 1.807) is 24.3 Å². The minimum atomic E-state index is -3.00. The molecule has 10 heteroatoms. The van der Waals surface area contributed by atoms with E-state index in [0.717, 1.165) is 11.8 Å². The van der Waals surface area contributed by atoms with E-state index in [-0.39, 0.29) is 23.2 Å². The Balaban J connectivity index is 2.06. The molecule has 1 heterocycles. The Labute approximate surface area is 132 Å². The second-order valence-corrected chi connectivity index (χ2v) is 7.18. The number of hydrogen-bond acceptors (Lipinski definition) is 8. The standard InChI is InChI=1S/C13H15N5O4S/c1-23(21,22)7-6-9-2-4-10(5-3-9)16-13-15-8-11(18(19)20)12(14)17-13/h2-5,8H,6-7H2,1H3,(H3,14,15,16,17). The molecule has 0 saturated carbocycles. The maximum Gasteiger partial charge on any atom is 0.329 e. The number of hydrogen-bond donors (Lipinski definition) is 2. The van der Waals surface area contributed by atoms with Crippen LogP contribution < -0.4 is 11.1 Å². The van der Waals surface area contributed by atoms with Crippen molar-refractivity contribution in [2.75, 3.05) is 23.1 Å². The maximum absolute atomic E-state index is 11.1. The lowest BCUT2D eigenvalue weighted by atomic mass is 10.1. The van der Waals surface area contributed by atoms with Gasteiger partial charge in [0, 0.05) is 11.9 Å². The molecule has 3 N–H and O–H groups in total. The third-order valence-electron chi connectivity index (χ3n) is 2.97. The van der Waals surface area contributed by atoms with Gasteiger partial charge in [0.25, 0.3) is 0 Å². The molecule has 23 heavy (non-hydrogen) atoms. The molecule has 122 valence electrons. The number of aromatic nitrogens is 2. The Bertz CT molecular complexity index is 821. The molecule has 0 aliphatic carbocycles. The fourth-order valence-corrected chi connectivity index (χ4v) is 2.38. The van der Waals surface area contributed by atoms with Crippen LogP contribution in [0.25, 0.3) is 0 Å². The van der Waals surface area contributed by atoms with Gasteiger partial charge >= 0.3 is 5.69 Å². The fourth-order valence-electron chi connectivity index (χ4n) is 1.78. The third-order valence-corrected chi connectivity index (χ3v) is 3.91. The highest BCUT2D eigenvalue weighted by molar-refractivity contribution is 7.90. The van der Waals surface area contributed by atoms with Gasteiger partial charge in [0.05, 0.1) is 10.7 Å². The van der Waals surface area contributed by atoms with Crippen molar-refractivity contribution in [1.82, 2.24) is 9.97 Å². The first kappa shape index (κ1) is 16.6. The highest BCUT2D eigenvalue weighted by atomic mass is 32.2. The van der Waals surface area contributed by atoms with Gasteiger partial charge in [0.2, 0.25) is 11.8 Å². The zero-order chi connectivity index (χ0) is 17.0. The average Bonchev–Trinajstić information content (AvgIpc) is 2.45. The normalized spacial score (nSPS) is 11.2. The van der Waals surface area contributed by atoms with Gasteiger partial charge in [0.15, 0.2) is 0 Å². The second-order valence-electron chi connectivity index (χ2n) is 4.92. The van der Waals surface area contributed by atoms with Gasteiger partial charge < -0.3 is 11.1 Å². The first-order valence-corrected chi connectivity index (χ1v) is 8.61. The molecule has 0 spiro atoms. The van der Waals surface area contributed by atoms with Crippen molar-refractivity contribution >= 4 is 33.0 Å². The predicted octanol–water partition coefficient (Wildman–Crippen LogP) is 1.30. The topological polar surface area (TPSA) is 141 Å². The Hall–Kier alpha value is -2.75. The molecule has 0 bridgehead atoms. The van der Waals surface area contributed by atoms with Crippen LogP contribution in [0.4, 0.5) is 23.1 Å². The van der Waals surface area contributed by atoms with Crippen molar-refractivity contribution in [1.29, 1.82) is 0 Å². The van der Waals surface area contributed by atoms with Crippen LogP contribution in [-0.2, 0) is 16.3 Å². The first-order valence-electron chi connectivity index (χ1n) is 6.55. The molecule has 1 aromatic heterocycles. The maximum atomic E-state index is 11.1. The number of nitrogens with zero attached hydrogens (tertiary/aromatic N) is 3. The van der Waals surface area contributed by atoms with Crippen molar-refractivity contribution in [2.45, 2.75) is 6.42 Å². The van der Waals surface area contributed by atoms with Crippen LogP contribution >= 0.6 is 0 Å². The van der Waals surface area contributed by atoms with Gasteiger partial charge in [0.1, 0.15) is 16.0 Å². The minimum absolute atomic E-state index is 0.0851. The summed E-state index contributed by atoms with van der Waals surface area (Å²) >= 11 is 0. The van der Waals surface area contributed by atoms with Gasteiger partial charge in [-0.15, -0.1) is 0 Å². The molecule has 9 nitrogen and oxygen atoms in total. The van der Waals surface area contributed by atoms with E-state index in [4.69, 9.17) is 5.73 Å². The summed E-state index contributed by atoms with van der Waals surface area (Å²) < 4.78 is 22.3. The van der Waals surface area contributed by atoms with Crippen molar-refractivity contribution < 1.29 is 13.3 Å². The van der Waals surface area contributed by atoms with E-state index in [0.29, 0.717) is 12.1 Å². The number of nitrogen functional groups attached to an aromatic ring is 1. The average molecular weight is 337 g/mol. The number of nitrogens with two attached hydrogens (primary N) is 1. The van der Waals surface area contributed by atoms with Crippen molar-refractivity contribution in [3.8, 4) is 0 Å². The van der Waals surface area contributed by atoms with Gasteiger partial charge in [-0.2, -0.15) is 4.98 Å². The van der Waals surface area contributed by atoms with E-state index < -0.39 is 14.8 Å². The SMILES string of the molecule is CS(=O)(=O)CCc1ccc(Nc2ncc([N+](=O)[O-])c(N)n2)cc1. The third kappa shape index (κ3) is 4.88. The lowest BCUT2D eigenvalue weighted by Gasteiger charge is -2.06. The molecule has 0 saturated heterocycles. The molecule has 2 aromatic rings. The number of rotatable bonds is 6. The fraction of sp³-hybridized carbons (Fsp3) is 0.231. The van der Waals surface area contributed by atoms with Gasteiger partial charge in [-0.25, -0.2) is 13.4 Å². The van der Waals surface area contributed by atoms with Gasteiger partial charge in [-0.05, 0) is 24.1 Å². The summed E-state index contributed by atoms with van der Waals surface area (Å²) in [5.74, 6) is -0.00356. The summed E-state index contributed by atoms with van der Waals surface area (Å²) in [7, 11) is -3.00. The molecule has 0 aliphatic heterocycles. The largest absolute Gasteiger partial charge is 0.378 e. The highest BCUT2D eigenvalue weighted by Gasteiger charge is 2.14. The highest BCUT2D eigenvalue weighted by Crippen LogP contribution is 2.20. The zero-order valence-electron chi connectivity index (χ0n) is 12.3. The Morgan fingerprint density at radius 1 is 1.30 bits per heavy atom. The molecule has 0 unspecified atom stereocenters. The van der Waals surface area contributed by atoms with Crippen molar-refractivity contribution in [3.63, 3.8) is 0 Å². The van der Waals surface area contributed by atoms with Gasteiger partial charge in [-0.3, -0.25) is 10.1 Å². The smallest absolute Gasteiger partial charge is 0.329 e. The molecule has 0 atom stereocenters. The summed E-state index contributed by atoms with van der Waals surface area (Å²) in [5.41, 5.74) is 6.67. The number of aryl methyl sites for hydroxylation is 1. The Morgan fingerprint density at radius 2 is 1.96 bits per heavy atom. The Kier molecular flexibility index (Phi) is 4.74. The van der Waals surface area contributed by atoms with Crippen molar-refractivity contribution in [3.05, 3.63) is 46.1 Å². The number of benzene rings is 1. The number of nitro groups is 1. The van der Waals surface area contributed by atoms with E-state index in [1.807, 2.05) is 0 Å². The van der Waals surface area contributed by atoms with E-state index in [9.17, 15) is 18.5 Å². The minimum Gasteiger partial charge on any atom is -0.378 e. The van der Waals surface area contributed by atoms with E-state index in [2.05, 4.69) is 15.3 Å². The summed E-state index contributed by atoms with van der Waals surface area (Å²) in [6, 6.07) is 7.03. The van der Waals surface area contributed by atoms with Crippen LogP contribution in [0.2, 0.25) is 0 Å². The van der Waals surface area contributed by atoms with Crippen LogP contribution in [0, 0.1) is 10.1 Å². The summed E-state index contributed by atoms with van der Waals surface area (Å²) in [5, 5.41) is 13.5. The summed E-state index contributed by atoms with van der Waals surface area (Å²) in [6.45, 7) is 0. The predicted molar refractivity (Wildman–Crippen MR) is 86.2 cm³/mol. The number of nitrogens with one attached hydrogen (secondary N) is 1. The van der Waals surface area contributed by atoms with Gasteiger partial charge in [-0.1, -0.05) is 12.1 Å². The first-order chi connectivity index (χ1) is 10.7. The zero-order valence-corrected chi connectivity index (χ0v) is 13.1. The molecule has 0 amide bonds. The molecular formula is C13H15N5O4S. The van der Waals surface area contributed by atoms with E-state index >= 15 is 0 Å². The van der Waals surface area contributed by atoms with Crippen LogP contribution in [0.3, 0.4) is 0 Å². The summed E-state index contributed by atoms with van der Waals surface area (Å²) in [6.07, 6.45) is 2.66. The van der Waals surface area contributed by atoms with Crippen LogP contribution in [0.15, 0.2) is 30.5 Å². The monoisotopic (exact) mass is 337 g/mol. The molecule has 0 radical (unpaired) electrons. The van der Waals surface area contributed by atoms with Crippen molar-refractivity contribution in [2.24, 2.45) is 0 Å². The van der Waals surface area contributed by atoms with Crippen LogP contribution in [-0.4, -0.2) is 35.3 Å². The van der Waals surface area contributed by atoms with E-state index in [1.165, 1.54) is 6.26 Å². The lowest BCUT2D eigenvalue weighted by molar-refractivity contribution is -0.384. The number of sulfone groups is 1. The Morgan fingerprint density at radius 3 is 2.48 bits per heavy atom. The molecule has 0 aliphatic rings. The second kappa shape index (κ2) is 6.57. The number of anilines is 3. The van der Waals surface area contributed by atoms with Crippen LogP contribution in [0.5, 0.6) is 0 Å². The molecule has 2 rings (SSSR count).